The second-order valence-corrected chi connectivity index (χ2v) is 4.62. The first-order valence-electron chi connectivity index (χ1n) is 6.32. The molecule has 0 saturated carbocycles. The maximum Gasteiger partial charge on any atom is 0.145 e. The standard InChI is InChI=1S/C16H15N3/c1-11(17)16-18-10-9-15(19-16)14-8-4-6-12-5-2-3-7-13(12)14/h2-11H,17H2,1H3. The van der Waals surface area contributed by atoms with Crippen molar-refractivity contribution in [3.8, 4) is 11.3 Å². The highest BCUT2D eigenvalue weighted by molar-refractivity contribution is 5.95. The third-order valence-corrected chi connectivity index (χ3v) is 3.15. The molecule has 19 heavy (non-hydrogen) atoms. The summed E-state index contributed by atoms with van der Waals surface area (Å²) >= 11 is 0. The monoisotopic (exact) mass is 249 g/mol. The Bertz CT molecular complexity index is 715. The quantitative estimate of drug-likeness (QED) is 0.758. The molecule has 3 heteroatoms. The van der Waals surface area contributed by atoms with Gasteiger partial charge in [-0.1, -0.05) is 42.5 Å². The Labute approximate surface area is 112 Å². The van der Waals surface area contributed by atoms with E-state index in [0.29, 0.717) is 5.82 Å². The summed E-state index contributed by atoms with van der Waals surface area (Å²) in [6.45, 7) is 1.89. The minimum atomic E-state index is -0.157. The predicted molar refractivity (Wildman–Crippen MR) is 77.6 cm³/mol. The highest BCUT2D eigenvalue weighted by Crippen LogP contribution is 2.27. The normalized spacial score (nSPS) is 12.5. The Kier molecular flexibility index (Phi) is 2.97. The summed E-state index contributed by atoms with van der Waals surface area (Å²) in [7, 11) is 0. The molecule has 0 aliphatic rings. The van der Waals surface area contributed by atoms with Gasteiger partial charge >= 0.3 is 0 Å². The molecule has 1 unspecified atom stereocenters. The Morgan fingerprint density at radius 3 is 2.63 bits per heavy atom. The Hall–Kier alpha value is -2.26. The Balaban J connectivity index is 2.22. The van der Waals surface area contributed by atoms with Crippen LogP contribution in [0.3, 0.4) is 0 Å². The summed E-state index contributed by atoms with van der Waals surface area (Å²) < 4.78 is 0. The number of fused-ring (bicyclic) bond motifs is 1. The highest BCUT2D eigenvalue weighted by atomic mass is 14.9. The van der Waals surface area contributed by atoms with E-state index in [-0.39, 0.29) is 6.04 Å². The van der Waals surface area contributed by atoms with Gasteiger partial charge in [0.1, 0.15) is 5.82 Å². The fraction of sp³-hybridized carbons (Fsp3) is 0.125. The number of hydrogen-bond acceptors (Lipinski definition) is 3. The van der Waals surface area contributed by atoms with Crippen LogP contribution < -0.4 is 5.73 Å². The number of benzene rings is 2. The summed E-state index contributed by atoms with van der Waals surface area (Å²) in [5, 5.41) is 2.40. The lowest BCUT2D eigenvalue weighted by Gasteiger charge is -2.08. The van der Waals surface area contributed by atoms with Crippen LogP contribution in [0.5, 0.6) is 0 Å². The Morgan fingerprint density at radius 1 is 1.00 bits per heavy atom. The molecule has 94 valence electrons. The molecule has 2 aromatic carbocycles. The Morgan fingerprint density at radius 2 is 1.79 bits per heavy atom. The molecule has 2 N–H and O–H groups in total. The first kappa shape index (κ1) is 11.8. The van der Waals surface area contributed by atoms with Gasteiger partial charge in [0.15, 0.2) is 0 Å². The third-order valence-electron chi connectivity index (χ3n) is 3.15. The molecule has 0 aliphatic heterocycles. The number of hydrogen-bond donors (Lipinski definition) is 1. The van der Waals surface area contributed by atoms with Gasteiger partial charge in [0.05, 0.1) is 11.7 Å². The van der Waals surface area contributed by atoms with Crippen molar-refractivity contribution in [3.05, 3.63) is 60.6 Å². The van der Waals surface area contributed by atoms with E-state index in [1.807, 2.05) is 31.2 Å². The smallest absolute Gasteiger partial charge is 0.145 e. The molecular formula is C16H15N3. The van der Waals surface area contributed by atoms with Crippen molar-refractivity contribution in [3.63, 3.8) is 0 Å². The van der Waals surface area contributed by atoms with E-state index in [1.54, 1.807) is 6.20 Å². The zero-order chi connectivity index (χ0) is 13.2. The molecule has 1 atom stereocenters. The van der Waals surface area contributed by atoms with Crippen LogP contribution in [0.15, 0.2) is 54.7 Å². The van der Waals surface area contributed by atoms with Gasteiger partial charge in [0.2, 0.25) is 0 Å². The molecule has 0 aliphatic carbocycles. The molecule has 0 fully saturated rings. The lowest BCUT2D eigenvalue weighted by molar-refractivity contribution is 0.741. The lowest BCUT2D eigenvalue weighted by atomic mass is 10.0. The summed E-state index contributed by atoms with van der Waals surface area (Å²) in [4.78, 5) is 8.76. The van der Waals surface area contributed by atoms with Crippen LogP contribution in [-0.2, 0) is 0 Å². The van der Waals surface area contributed by atoms with E-state index in [2.05, 4.69) is 34.2 Å². The van der Waals surface area contributed by atoms with Crippen molar-refractivity contribution in [2.24, 2.45) is 5.73 Å². The van der Waals surface area contributed by atoms with E-state index in [0.717, 1.165) is 11.3 Å². The van der Waals surface area contributed by atoms with E-state index in [1.165, 1.54) is 10.8 Å². The molecule has 1 aromatic heterocycles. The van der Waals surface area contributed by atoms with Crippen LogP contribution >= 0.6 is 0 Å². The molecule has 0 amide bonds. The van der Waals surface area contributed by atoms with Crippen LogP contribution in [0.2, 0.25) is 0 Å². The SMILES string of the molecule is CC(N)c1nccc(-c2cccc3ccccc23)n1. The molecule has 0 radical (unpaired) electrons. The average Bonchev–Trinajstić information content (AvgIpc) is 2.47. The first-order chi connectivity index (χ1) is 9.25. The van der Waals surface area contributed by atoms with Crippen LogP contribution in [0.4, 0.5) is 0 Å². The highest BCUT2D eigenvalue weighted by Gasteiger charge is 2.08. The molecule has 3 nitrogen and oxygen atoms in total. The lowest BCUT2D eigenvalue weighted by Crippen LogP contribution is -2.09. The van der Waals surface area contributed by atoms with Crippen molar-refractivity contribution in [1.82, 2.24) is 9.97 Å². The minimum Gasteiger partial charge on any atom is -0.322 e. The largest absolute Gasteiger partial charge is 0.322 e. The summed E-state index contributed by atoms with van der Waals surface area (Å²) in [6.07, 6.45) is 1.77. The zero-order valence-corrected chi connectivity index (χ0v) is 10.7. The van der Waals surface area contributed by atoms with Crippen LogP contribution in [0.25, 0.3) is 22.0 Å². The van der Waals surface area contributed by atoms with Crippen molar-refractivity contribution in [2.75, 3.05) is 0 Å². The van der Waals surface area contributed by atoms with Crippen LogP contribution in [-0.4, -0.2) is 9.97 Å². The van der Waals surface area contributed by atoms with E-state index < -0.39 is 0 Å². The number of rotatable bonds is 2. The fourth-order valence-corrected chi connectivity index (χ4v) is 2.19. The summed E-state index contributed by atoms with van der Waals surface area (Å²) in [5.41, 5.74) is 7.88. The predicted octanol–water partition coefficient (Wildman–Crippen LogP) is 3.32. The van der Waals surface area contributed by atoms with Gasteiger partial charge in [-0.3, -0.25) is 0 Å². The van der Waals surface area contributed by atoms with E-state index in [9.17, 15) is 0 Å². The van der Waals surface area contributed by atoms with Crippen molar-refractivity contribution < 1.29 is 0 Å². The second kappa shape index (κ2) is 4.78. The second-order valence-electron chi connectivity index (χ2n) is 4.62. The van der Waals surface area contributed by atoms with Gasteiger partial charge in [-0.25, -0.2) is 9.97 Å². The molecule has 1 heterocycles. The summed E-state index contributed by atoms with van der Waals surface area (Å²) in [5.74, 6) is 0.672. The first-order valence-corrected chi connectivity index (χ1v) is 6.32. The minimum absolute atomic E-state index is 0.157. The molecule has 3 aromatic rings. The maximum absolute atomic E-state index is 5.85. The molecule has 0 bridgehead atoms. The topological polar surface area (TPSA) is 51.8 Å². The third kappa shape index (κ3) is 2.20. The van der Waals surface area contributed by atoms with Crippen molar-refractivity contribution in [2.45, 2.75) is 13.0 Å². The molecule has 0 saturated heterocycles. The molecular weight excluding hydrogens is 234 g/mol. The van der Waals surface area contributed by atoms with Crippen LogP contribution in [0.1, 0.15) is 18.8 Å². The van der Waals surface area contributed by atoms with E-state index in [4.69, 9.17) is 5.73 Å². The fourth-order valence-electron chi connectivity index (χ4n) is 2.19. The molecule has 0 spiro atoms. The van der Waals surface area contributed by atoms with Gasteiger partial charge in [0, 0.05) is 11.8 Å². The van der Waals surface area contributed by atoms with Crippen molar-refractivity contribution >= 4 is 10.8 Å². The summed E-state index contributed by atoms with van der Waals surface area (Å²) in [6, 6.07) is 16.3. The van der Waals surface area contributed by atoms with Gasteiger partial charge in [-0.05, 0) is 23.8 Å². The van der Waals surface area contributed by atoms with Gasteiger partial charge < -0.3 is 5.73 Å². The van der Waals surface area contributed by atoms with Crippen LogP contribution in [0, 0.1) is 0 Å². The van der Waals surface area contributed by atoms with Gasteiger partial charge in [-0.15, -0.1) is 0 Å². The number of nitrogens with zero attached hydrogens (tertiary/aromatic N) is 2. The number of aromatic nitrogens is 2. The number of nitrogens with two attached hydrogens (primary N) is 1. The average molecular weight is 249 g/mol. The maximum atomic E-state index is 5.85. The van der Waals surface area contributed by atoms with Crippen molar-refractivity contribution in [1.29, 1.82) is 0 Å². The molecule has 3 rings (SSSR count). The zero-order valence-electron chi connectivity index (χ0n) is 10.7. The van der Waals surface area contributed by atoms with Gasteiger partial charge in [-0.2, -0.15) is 0 Å². The van der Waals surface area contributed by atoms with E-state index >= 15 is 0 Å². The van der Waals surface area contributed by atoms with Gasteiger partial charge in [0.25, 0.3) is 0 Å².